The molecule has 2 N–H and O–H groups in total. The Morgan fingerprint density at radius 3 is 2.57 bits per heavy atom. The van der Waals surface area contributed by atoms with Crippen molar-refractivity contribution in [2.24, 2.45) is 5.73 Å². The average Bonchev–Trinajstić information content (AvgIpc) is 2.92. The van der Waals surface area contributed by atoms with Gasteiger partial charge in [-0.15, -0.1) is 11.3 Å². The van der Waals surface area contributed by atoms with Crippen LogP contribution < -0.4 is 5.73 Å². The van der Waals surface area contributed by atoms with Gasteiger partial charge in [0.2, 0.25) is 0 Å². The fraction of sp³-hybridized carbons (Fsp3) is 0.118. The molecule has 3 rings (SSSR count). The van der Waals surface area contributed by atoms with Gasteiger partial charge in [0.05, 0.1) is 10.6 Å². The Labute approximate surface area is 127 Å². The summed E-state index contributed by atoms with van der Waals surface area (Å²) in [5.41, 5.74) is 9.66. The first-order valence-corrected chi connectivity index (χ1v) is 7.52. The van der Waals surface area contributed by atoms with Gasteiger partial charge in [-0.1, -0.05) is 30.3 Å². The Kier molecular flexibility index (Phi) is 3.82. The van der Waals surface area contributed by atoms with Gasteiger partial charge < -0.3 is 5.73 Å². The molecule has 1 aromatic heterocycles. The summed E-state index contributed by atoms with van der Waals surface area (Å²) < 4.78 is 13.2. The summed E-state index contributed by atoms with van der Waals surface area (Å²) in [6, 6.07) is 14.9. The normalized spacial score (nSPS) is 10.8. The number of rotatable bonds is 3. The topological polar surface area (TPSA) is 38.9 Å². The second kappa shape index (κ2) is 5.76. The molecule has 4 heteroatoms. The van der Waals surface area contributed by atoms with E-state index in [0.717, 1.165) is 32.3 Å². The van der Waals surface area contributed by atoms with Gasteiger partial charge in [-0.25, -0.2) is 9.37 Å². The molecule has 0 aliphatic rings. The highest BCUT2D eigenvalue weighted by Crippen LogP contribution is 2.36. The second-order valence-electron chi connectivity index (χ2n) is 4.82. The summed E-state index contributed by atoms with van der Waals surface area (Å²) >= 11 is 1.60. The lowest BCUT2D eigenvalue weighted by Gasteiger charge is -2.01. The van der Waals surface area contributed by atoms with Crippen molar-refractivity contribution < 1.29 is 4.39 Å². The quantitative estimate of drug-likeness (QED) is 0.779. The smallest absolute Gasteiger partial charge is 0.124 e. The molecular formula is C17H15FN2S. The molecule has 0 spiro atoms. The van der Waals surface area contributed by atoms with E-state index >= 15 is 0 Å². The van der Waals surface area contributed by atoms with Crippen LogP contribution in [0.2, 0.25) is 0 Å². The molecule has 0 saturated heterocycles. The minimum Gasteiger partial charge on any atom is -0.325 e. The van der Waals surface area contributed by atoms with E-state index in [-0.39, 0.29) is 5.82 Å². The van der Waals surface area contributed by atoms with Crippen LogP contribution in [0.3, 0.4) is 0 Å². The maximum atomic E-state index is 13.2. The molecule has 0 atom stereocenters. The van der Waals surface area contributed by atoms with Crippen molar-refractivity contribution in [3.8, 4) is 21.0 Å². The highest BCUT2D eigenvalue weighted by molar-refractivity contribution is 7.18. The molecule has 0 radical (unpaired) electrons. The lowest BCUT2D eigenvalue weighted by Crippen LogP contribution is -1.98. The van der Waals surface area contributed by atoms with Crippen molar-refractivity contribution >= 4 is 11.3 Å². The van der Waals surface area contributed by atoms with Crippen molar-refractivity contribution in [3.63, 3.8) is 0 Å². The van der Waals surface area contributed by atoms with Crippen LogP contribution >= 0.6 is 11.3 Å². The Balaban J connectivity index is 2.12. The summed E-state index contributed by atoms with van der Waals surface area (Å²) in [6.45, 7) is 2.28. The van der Waals surface area contributed by atoms with Crippen LogP contribution in [0.25, 0.3) is 21.0 Å². The minimum absolute atomic E-state index is 0.227. The molecule has 3 aromatic rings. The summed E-state index contributed by atoms with van der Waals surface area (Å²) in [4.78, 5) is 5.72. The maximum Gasteiger partial charge on any atom is 0.124 e. The molecule has 1 heterocycles. The molecule has 0 amide bonds. The fourth-order valence-corrected chi connectivity index (χ4v) is 3.48. The highest BCUT2D eigenvalue weighted by atomic mass is 32.1. The van der Waals surface area contributed by atoms with Crippen LogP contribution in [0.15, 0.2) is 48.5 Å². The summed E-state index contributed by atoms with van der Waals surface area (Å²) in [7, 11) is 0. The van der Waals surface area contributed by atoms with Crippen molar-refractivity contribution in [3.05, 3.63) is 65.6 Å². The predicted octanol–water partition coefficient (Wildman–Crippen LogP) is 4.38. The standard InChI is InChI=1S/C17H15FN2S/c1-11-9-13(18)7-8-14(11)17-20-15(10-19)16(21-17)12-5-3-2-4-6-12/h2-9H,10,19H2,1H3. The van der Waals surface area contributed by atoms with E-state index in [4.69, 9.17) is 5.73 Å². The fourth-order valence-electron chi connectivity index (χ4n) is 2.29. The van der Waals surface area contributed by atoms with Crippen LogP contribution in [-0.2, 0) is 6.54 Å². The van der Waals surface area contributed by atoms with Crippen molar-refractivity contribution in [1.82, 2.24) is 4.98 Å². The molecular weight excluding hydrogens is 283 g/mol. The Morgan fingerprint density at radius 1 is 1.14 bits per heavy atom. The monoisotopic (exact) mass is 298 g/mol. The van der Waals surface area contributed by atoms with Gasteiger partial charge in [-0.05, 0) is 36.2 Å². The third-order valence-electron chi connectivity index (χ3n) is 3.35. The van der Waals surface area contributed by atoms with Crippen LogP contribution in [0.5, 0.6) is 0 Å². The molecule has 2 aromatic carbocycles. The van der Waals surface area contributed by atoms with E-state index in [9.17, 15) is 4.39 Å². The summed E-state index contributed by atoms with van der Waals surface area (Å²) in [5, 5.41) is 0.881. The molecule has 0 unspecified atom stereocenters. The zero-order valence-corrected chi connectivity index (χ0v) is 12.5. The molecule has 2 nitrogen and oxygen atoms in total. The van der Waals surface area contributed by atoms with E-state index in [0.29, 0.717) is 6.54 Å². The maximum absolute atomic E-state index is 13.2. The Hall–Kier alpha value is -2.04. The highest BCUT2D eigenvalue weighted by Gasteiger charge is 2.14. The third-order valence-corrected chi connectivity index (χ3v) is 4.53. The molecule has 0 fully saturated rings. The van der Waals surface area contributed by atoms with Crippen molar-refractivity contribution in [2.75, 3.05) is 0 Å². The number of hydrogen-bond acceptors (Lipinski definition) is 3. The number of nitrogens with zero attached hydrogens (tertiary/aromatic N) is 1. The summed E-state index contributed by atoms with van der Waals surface area (Å²) in [6.07, 6.45) is 0. The molecule has 0 aliphatic carbocycles. The van der Waals surface area contributed by atoms with E-state index in [1.165, 1.54) is 12.1 Å². The molecule has 106 valence electrons. The first-order valence-electron chi connectivity index (χ1n) is 6.70. The van der Waals surface area contributed by atoms with Gasteiger partial charge in [0, 0.05) is 12.1 Å². The van der Waals surface area contributed by atoms with E-state index in [1.54, 1.807) is 17.4 Å². The van der Waals surface area contributed by atoms with Crippen molar-refractivity contribution in [1.29, 1.82) is 0 Å². The zero-order valence-electron chi connectivity index (χ0n) is 11.6. The van der Waals surface area contributed by atoms with Gasteiger partial charge in [0.15, 0.2) is 0 Å². The largest absolute Gasteiger partial charge is 0.325 e. The molecule has 0 bridgehead atoms. The third kappa shape index (κ3) is 2.73. The zero-order chi connectivity index (χ0) is 14.8. The van der Waals surface area contributed by atoms with Gasteiger partial charge in [-0.3, -0.25) is 0 Å². The SMILES string of the molecule is Cc1cc(F)ccc1-c1nc(CN)c(-c2ccccc2)s1. The van der Waals surface area contributed by atoms with Gasteiger partial charge >= 0.3 is 0 Å². The minimum atomic E-state index is -0.227. The first kappa shape index (κ1) is 13.9. The molecule has 0 aliphatic heterocycles. The van der Waals surface area contributed by atoms with E-state index in [2.05, 4.69) is 4.98 Å². The number of hydrogen-bond donors (Lipinski definition) is 1. The number of aromatic nitrogens is 1. The number of benzene rings is 2. The number of halogens is 1. The van der Waals surface area contributed by atoms with Crippen LogP contribution in [0, 0.1) is 12.7 Å². The second-order valence-corrected chi connectivity index (χ2v) is 5.82. The van der Waals surface area contributed by atoms with Crippen LogP contribution in [0.1, 0.15) is 11.3 Å². The van der Waals surface area contributed by atoms with E-state index in [1.807, 2.05) is 37.3 Å². The van der Waals surface area contributed by atoms with Crippen LogP contribution in [0.4, 0.5) is 4.39 Å². The van der Waals surface area contributed by atoms with Gasteiger partial charge in [0.1, 0.15) is 10.8 Å². The number of nitrogens with two attached hydrogens (primary N) is 1. The number of thiazole rings is 1. The van der Waals surface area contributed by atoms with Crippen LogP contribution in [-0.4, -0.2) is 4.98 Å². The number of aryl methyl sites for hydroxylation is 1. The molecule has 0 saturated carbocycles. The lowest BCUT2D eigenvalue weighted by molar-refractivity contribution is 0.627. The van der Waals surface area contributed by atoms with Gasteiger partial charge in [0.25, 0.3) is 0 Å². The summed E-state index contributed by atoms with van der Waals surface area (Å²) in [5.74, 6) is -0.227. The van der Waals surface area contributed by atoms with Gasteiger partial charge in [-0.2, -0.15) is 0 Å². The van der Waals surface area contributed by atoms with E-state index < -0.39 is 0 Å². The Morgan fingerprint density at radius 2 is 1.90 bits per heavy atom. The van der Waals surface area contributed by atoms with Crippen molar-refractivity contribution in [2.45, 2.75) is 13.5 Å². The Bertz CT molecular complexity index is 766. The predicted molar refractivity (Wildman–Crippen MR) is 85.6 cm³/mol. The average molecular weight is 298 g/mol. The first-order chi connectivity index (χ1) is 10.2. The molecule has 21 heavy (non-hydrogen) atoms. The lowest BCUT2D eigenvalue weighted by atomic mass is 10.1.